The van der Waals surface area contributed by atoms with Crippen LogP contribution < -0.4 is 11.9 Å². The van der Waals surface area contributed by atoms with Crippen LogP contribution in [0.5, 0.6) is 0 Å². The molecule has 0 radical (unpaired) electrons. The minimum atomic E-state index is -0.0343. The lowest BCUT2D eigenvalue weighted by molar-refractivity contribution is 0.0354. The van der Waals surface area contributed by atoms with Gasteiger partial charge in [0.15, 0.2) is 0 Å². The first-order valence-electron chi connectivity index (χ1n) is 13.1. The Morgan fingerprint density at radius 3 is 2.15 bits per heavy atom. The monoisotopic (exact) mass is 461 g/mol. The molecule has 5 heteroatoms. The van der Waals surface area contributed by atoms with Gasteiger partial charge in [0.2, 0.25) is 0 Å². The van der Waals surface area contributed by atoms with Crippen molar-refractivity contribution in [2.75, 3.05) is 13.1 Å². The van der Waals surface area contributed by atoms with Gasteiger partial charge in [0.05, 0.1) is 17.1 Å². The first kappa shape index (κ1) is 24.9. The van der Waals surface area contributed by atoms with E-state index in [4.69, 9.17) is 10.7 Å². The van der Waals surface area contributed by atoms with Gasteiger partial charge in [0, 0.05) is 24.7 Å². The van der Waals surface area contributed by atoms with Crippen molar-refractivity contribution in [2.24, 2.45) is 11.7 Å². The molecule has 1 atom stereocenters. The summed E-state index contributed by atoms with van der Waals surface area (Å²) in [6, 6.07) is 20.4. The Bertz CT molecular complexity index is 1040. The summed E-state index contributed by atoms with van der Waals surface area (Å²) in [5.41, 5.74) is 10.7. The number of imidazole rings is 1. The van der Waals surface area contributed by atoms with Crippen LogP contribution in [-0.2, 0) is 5.54 Å². The van der Waals surface area contributed by atoms with Crippen molar-refractivity contribution in [2.45, 2.75) is 82.8 Å². The minimum Gasteiger partial charge on any atom is -0.344 e. The molecule has 1 saturated heterocycles. The molecule has 2 aromatic carbocycles. The van der Waals surface area contributed by atoms with Gasteiger partial charge in [-0.2, -0.15) is 0 Å². The zero-order valence-corrected chi connectivity index (χ0v) is 21.1. The van der Waals surface area contributed by atoms with Crippen LogP contribution in [0.15, 0.2) is 54.6 Å². The van der Waals surface area contributed by atoms with Crippen LogP contribution in [0.4, 0.5) is 0 Å². The fraction of sp³-hybridized carbons (Fsp3) is 0.552. The maximum Gasteiger partial charge on any atom is 0.127 e. The molecular formula is C29H43N5. The topological polar surface area (TPSA) is 82.1 Å². The number of fused-ring (bicyclic) bond motifs is 1. The van der Waals surface area contributed by atoms with Gasteiger partial charge in [0.25, 0.3) is 0 Å². The lowest BCUT2D eigenvalue weighted by Crippen LogP contribution is -2.50. The van der Waals surface area contributed by atoms with Gasteiger partial charge in [0.1, 0.15) is 5.82 Å². The quantitative estimate of drug-likeness (QED) is 0.412. The molecule has 34 heavy (non-hydrogen) atoms. The average Bonchev–Trinajstić information content (AvgIpc) is 3.06. The van der Waals surface area contributed by atoms with E-state index in [2.05, 4.69) is 77.9 Å². The minimum absolute atomic E-state index is 0. The van der Waals surface area contributed by atoms with E-state index in [-0.39, 0.29) is 17.7 Å². The number of hydrogen-bond acceptors (Lipinski definition) is 4. The van der Waals surface area contributed by atoms with Crippen LogP contribution in [0, 0.1) is 5.92 Å². The zero-order chi connectivity index (χ0) is 22.8. The Kier molecular flexibility index (Phi) is 7.76. The van der Waals surface area contributed by atoms with Gasteiger partial charge in [-0.15, -0.1) is 0 Å². The number of benzene rings is 2. The van der Waals surface area contributed by atoms with Gasteiger partial charge < -0.3 is 16.5 Å². The predicted molar refractivity (Wildman–Crippen MR) is 142 cm³/mol. The third kappa shape index (κ3) is 4.53. The van der Waals surface area contributed by atoms with Crippen molar-refractivity contribution in [3.05, 3.63) is 66.0 Å². The SMILES string of the molecule is CC(C)C(N)c1nc2ccccc2n1C1CCN(C2(c3ccccc3)CCCCCC2)CC1.N. The third-order valence-electron chi connectivity index (χ3n) is 8.32. The second-order valence-corrected chi connectivity index (χ2v) is 10.6. The molecule has 0 bridgehead atoms. The summed E-state index contributed by atoms with van der Waals surface area (Å²) in [6.07, 6.45) is 10.3. The molecule has 2 aliphatic rings. The van der Waals surface area contributed by atoms with E-state index in [0.29, 0.717) is 12.0 Å². The predicted octanol–water partition coefficient (Wildman–Crippen LogP) is 6.74. The first-order chi connectivity index (χ1) is 16.1. The number of likely N-dealkylation sites (tertiary alicyclic amines) is 1. The average molecular weight is 462 g/mol. The molecule has 5 nitrogen and oxygen atoms in total. The Balaban J connectivity index is 0.00000274. The molecular weight excluding hydrogens is 418 g/mol. The number of nitrogens with two attached hydrogens (primary N) is 1. The van der Waals surface area contributed by atoms with Crippen molar-refractivity contribution in [3.8, 4) is 0 Å². The fourth-order valence-corrected chi connectivity index (χ4v) is 6.38. The van der Waals surface area contributed by atoms with E-state index in [1.807, 2.05) is 0 Å². The van der Waals surface area contributed by atoms with Crippen molar-refractivity contribution >= 4 is 11.0 Å². The van der Waals surface area contributed by atoms with E-state index >= 15 is 0 Å². The highest BCUT2D eigenvalue weighted by atomic mass is 15.2. The van der Waals surface area contributed by atoms with Crippen molar-refractivity contribution in [1.29, 1.82) is 0 Å². The number of hydrogen-bond donors (Lipinski definition) is 2. The molecule has 2 fully saturated rings. The molecule has 3 aromatic rings. The second-order valence-electron chi connectivity index (χ2n) is 10.6. The van der Waals surface area contributed by atoms with E-state index in [1.54, 1.807) is 0 Å². The molecule has 1 saturated carbocycles. The van der Waals surface area contributed by atoms with Crippen molar-refractivity contribution in [3.63, 3.8) is 0 Å². The van der Waals surface area contributed by atoms with Gasteiger partial charge in [-0.05, 0) is 49.3 Å². The number of para-hydroxylation sites is 2. The van der Waals surface area contributed by atoms with Gasteiger partial charge in [-0.1, -0.05) is 82.0 Å². The van der Waals surface area contributed by atoms with E-state index in [1.165, 1.54) is 49.6 Å². The molecule has 0 spiro atoms. The molecule has 1 aliphatic carbocycles. The molecule has 5 N–H and O–H groups in total. The maximum absolute atomic E-state index is 6.67. The van der Waals surface area contributed by atoms with Crippen LogP contribution in [-0.4, -0.2) is 27.5 Å². The van der Waals surface area contributed by atoms with E-state index in [0.717, 1.165) is 37.3 Å². The van der Waals surface area contributed by atoms with Crippen LogP contribution in [0.2, 0.25) is 0 Å². The molecule has 1 aliphatic heterocycles. The van der Waals surface area contributed by atoms with Crippen LogP contribution in [0.1, 0.15) is 88.7 Å². The molecule has 1 aromatic heterocycles. The summed E-state index contributed by atoms with van der Waals surface area (Å²) in [5.74, 6) is 1.44. The lowest BCUT2D eigenvalue weighted by Gasteiger charge is -2.48. The maximum atomic E-state index is 6.67. The normalized spacial score (nSPS) is 20.7. The van der Waals surface area contributed by atoms with Crippen LogP contribution in [0.25, 0.3) is 11.0 Å². The highest BCUT2D eigenvalue weighted by molar-refractivity contribution is 5.76. The van der Waals surface area contributed by atoms with Gasteiger partial charge >= 0.3 is 0 Å². The Morgan fingerprint density at radius 2 is 1.50 bits per heavy atom. The fourth-order valence-electron chi connectivity index (χ4n) is 6.38. The lowest BCUT2D eigenvalue weighted by atomic mass is 9.79. The zero-order valence-electron chi connectivity index (χ0n) is 21.1. The van der Waals surface area contributed by atoms with E-state index < -0.39 is 0 Å². The summed E-state index contributed by atoms with van der Waals surface area (Å²) in [4.78, 5) is 7.85. The molecule has 1 unspecified atom stereocenters. The summed E-state index contributed by atoms with van der Waals surface area (Å²) in [5, 5.41) is 0. The van der Waals surface area contributed by atoms with Crippen LogP contribution in [0.3, 0.4) is 0 Å². The molecule has 184 valence electrons. The van der Waals surface area contributed by atoms with Crippen LogP contribution >= 0.6 is 0 Å². The van der Waals surface area contributed by atoms with Crippen molar-refractivity contribution < 1.29 is 0 Å². The summed E-state index contributed by atoms with van der Waals surface area (Å²) in [6.45, 7) is 6.68. The Morgan fingerprint density at radius 1 is 0.882 bits per heavy atom. The highest BCUT2D eigenvalue weighted by Gasteiger charge is 2.40. The Hall–Kier alpha value is -2.21. The number of aromatic nitrogens is 2. The number of piperidine rings is 1. The molecule has 5 rings (SSSR count). The smallest absolute Gasteiger partial charge is 0.127 e. The summed E-state index contributed by atoms with van der Waals surface area (Å²) >= 11 is 0. The van der Waals surface area contributed by atoms with Gasteiger partial charge in [-0.3, -0.25) is 4.90 Å². The summed E-state index contributed by atoms with van der Waals surface area (Å²) in [7, 11) is 0. The molecule has 2 heterocycles. The highest BCUT2D eigenvalue weighted by Crippen LogP contribution is 2.44. The standard InChI is InChI=1S/C29H40N4.H3N/c1-22(2)27(30)28-31-25-14-8-9-15-26(25)33(28)24-16-20-32(21-17-24)29(18-10-3-4-11-19-29)23-12-6-5-7-13-23;/h5-9,12-15,22,24,27H,3-4,10-11,16-21,30H2,1-2H3;1H3. The molecule has 0 amide bonds. The number of nitrogens with zero attached hydrogens (tertiary/aromatic N) is 3. The third-order valence-corrected chi connectivity index (χ3v) is 8.32. The van der Waals surface area contributed by atoms with Gasteiger partial charge in [-0.25, -0.2) is 4.98 Å². The van der Waals surface area contributed by atoms with Crippen molar-refractivity contribution in [1.82, 2.24) is 20.6 Å². The van der Waals surface area contributed by atoms with E-state index in [9.17, 15) is 0 Å². The second kappa shape index (κ2) is 10.6. The Labute approximate surface area is 205 Å². The summed E-state index contributed by atoms with van der Waals surface area (Å²) < 4.78 is 2.50. The largest absolute Gasteiger partial charge is 0.344 e. The number of rotatable bonds is 5. The first-order valence-corrected chi connectivity index (χ1v) is 13.1.